The highest BCUT2D eigenvalue weighted by Crippen LogP contribution is 2.35. The van der Waals surface area contributed by atoms with Crippen LogP contribution in [0.4, 0.5) is 22.0 Å². The van der Waals surface area contributed by atoms with Gasteiger partial charge in [-0.05, 0) is 30.4 Å². The van der Waals surface area contributed by atoms with Crippen LogP contribution in [-0.4, -0.2) is 61.0 Å². The Kier molecular flexibility index (Phi) is 8.88. The minimum Gasteiger partial charge on any atom is -0.393 e. The van der Waals surface area contributed by atoms with Crippen LogP contribution in [0.2, 0.25) is 0 Å². The molecule has 3 N–H and O–H groups in total. The maximum atomic E-state index is 14.6. The second kappa shape index (κ2) is 11.7. The molecule has 0 aliphatic carbocycles. The van der Waals surface area contributed by atoms with Gasteiger partial charge in [0.15, 0.2) is 0 Å². The molecule has 0 saturated carbocycles. The fourth-order valence-electron chi connectivity index (χ4n) is 4.42. The van der Waals surface area contributed by atoms with Crippen molar-refractivity contribution in [3.8, 4) is 0 Å². The minimum absolute atomic E-state index is 0.0130. The Labute approximate surface area is 212 Å². The Morgan fingerprint density at radius 1 is 1.22 bits per heavy atom. The molecule has 1 amide bonds. The molecule has 2 aliphatic rings. The number of piperidine rings is 1. The number of likely N-dealkylation sites (tertiary alicyclic amines) is 1. The number of amides is 1. The van der Waals surface area contributed by atoms with E-state index in [-0.39, 0.29) is 24.4 Å². The molecular weight excluding hydrogens is 493 g/mol. The predicted molar refractivity (Wildman–Crippen MR) is 133 cm³/mol. The number of rotatable bonds is 7. The van der Waals surface area contributed by atoms with E-state index in [1.165, 1.54) is 6.20 Å². The molecule has 200 valence electrons. The average Bonchev–Trinajstić information content (AvgIpc) is 2.81. The highest BCUT2D eigenvalue weighted by atomic mass is 19.4. The lowest BCUT2D eigenvalue weighted by Crippen LogP contribution is -2.59. The molecule has 0 radical (unpaired) electrons. The van der Waals surface area contributed by atoms with Crippen molar-refractivity contribution in [1.29, 1.82) is 5.41 Å². The van der Waals surface area contributed by atoms with Gasteiger partial charge in [-0.1, -0.05) is 43.3 Å². The molecule has 1 fully saturated rings. The molecule has 1 aromatic rings. The Bertz CT molecular complexity index is 1110. The zero-order valence-electron chi connectivity index (χ0n) is 20.6. The molecule has 0 aromatic heterocycles. The number of carbonyl (C=O) groups is 1. The van der Waals surface area contributed by atoms with Crippen LogP contribution in [0.5, 0.6) is 0 Å². The molecule has 6 nitrogen and oxygen atoms in total. The number of halogens is 5. The fourth-order valence-corrected chi connectivity index (χ4v) is 4.42. The molecule has 1 unspecified atom stereocenters. The van der Waals surface area contributed by atoms with Crippen molar-refractivity contribution in [3.05, 3.63) is 65.6 Å². The van der Waals surface area contributed by atoms with Crippen LogP contribution in [0, 0.1) is 11.3 Å². The third-order valence-corrected chi connectivity index (χ3v) is 6.23. The van der Waals surface area contributed by atoms with Crippen LogP contribution in [0.25, 0.3) is 5.57 Å². The van der Waals surface area contributed by atoms with E-state index in [0.717, 1.165) is 17.2 Å². The topological polar surface area (TPSA) is 80.6 Å². The van der Waals surface area contributed by atoms with Gasteiger partial charge in [-0.15, -0.1) is 0 Å². The molecule has 2 atom stereocenters. The van der Waals surface area contributed by atoms with E-state index in [9.17, 15) is 26.7 Å². The molecule has 37 heavy (non-hydrogen) atoms. The van der Waals surface area contributed by atoms with E-state index in [2.05, 4.69) is 15.6 Å². The Morgan fingerprint density at radius 3 is 2.54 bits per heavy atom. The summed E-state index contributed by atoms with van der Waals surface area (Å²) in [5, 5.41) is 14.3. The van der Waals surface area contributed by atoms with Crippen molar-refractivity contribution in [1.82, 2.24) is 15.5 Å². The van der Waals surface area contributed by atoms with E-state index < -0.39 is 54.2 Å². The summed E-state index contributed by atoms with van der Waals surface area (Å²) in [7, 11) is 1.60. The number of benzene rings is 1. The number of alkyl halides is 5. The number of aliphatic imine (C=N–C) groups is 1. The van der Waals surface area contributed by atoms with Gasteiger partial charge in [0.25, 0.3) is 11.8 Å². The van der Waals surface area contributed by atoms with Crippen LogP contribution in [0.15, 0.2) is 65.1 Å². The molecule has 3 rings (SSSR count). The number of nitrogens with zero attached hydrogens (tertiary/aromatic N) is 2. The minimum atomic E-state index is -4.53. The summed E-state index contributed by atoms with van der Waals surface area (Å²) in [6.45, 7) is 0.710. The van der Waals surface area contributed by atoms with Gasteiger partial charge < -0.3 is 15.5 Å². The van der Waals surface area contributed by atoms with Crippen LogP contribution in [0.1, 0.15) is 31.7 Å². The van der Waals surface area contributed by atoms with Gasteiger partial charge >= 0.3 is 6.18 Å². The van der Waals surface area contributed by atoms with Crippen LogP contribution in [-0.2, 0) is 4.79 Å². The SMILES string of the molecule is CN/C=C(\C(=N)C(=O)N1CC(F)(F)C[C@@H](C)C1CNC1=C/CC/C=C(C(F)(F)F)/C=N\1)c1ccccc1. The quantitative estimate of drug-likeness (QED) is 0.351. The normalized spacial score (nSPS) is 26.0. The maximum absolute atomic E-state index is 14.6. The van der Waals surface area contributed by atoms with Gasteiger partial charge in [0, 0.05) is 38.0 Å². The first-order valence-corrected chi connectivity index (χ1v) is 11.9. The number of carbonyl (C=O) groups excluding carboxylic acids is 1. The first kappa shape index (κ1) is 28.1. The molecule has 0 bridgehead atoms. The van der Waals surface area contributed by atoms with Crippen LogP contribution < -0.4 is 10.6 Å². The van der Waals surface area contributed by atoms with E-state index >= 15 is 0 Å². The third-order valence-electron chi connectivity index (χ3n) is 6.23. The predicted octanol–water partition coefficient (Wildman–Crippen LogP) is 4.92. The molecule has 0 spiro atoms. The Morgan fingerprint density at radius 2 is 1.89 bits per heavy atom. The average molecular weight is 524 g/mol. The highest BCUT2D eigenvalue weighted by Gasteiger charge is 2.46. The van der Waals surface area contributed by atoms with Crippen molar-refractivity contribution >= 4 is 23.4 Å². The Balaban J connectivity index is 1.83. The second-order valence-corrected chi connectivity index (χ2v) is 9.09. The van der Waals surface area contributed by atoms with Crippen molar-refractivity contribution in [2.24, 2.45) is 10.9 Å². The second-order valence-electron chi connectivity index (χ2n) is 9.09. The number of hydrogen-bond donors (Lipinski definition) is 3. The van der Waals surface area contributed by atoms with E-state index in [0.29, 0.717) is 12.0 Å². The van der Waals surface area contributed by atoms with Gasteiger partial charge in [0.05, 0.1) is 18.2 Å². The monoisotopic (exact) mass is 523 g/mol. The van der Waals surface area contributed by atoms with Gasteiger partial charge in [0.1, 0.15) is 11.5 Å². The van der Waals surface area contributed by atoms with E-state index in [1.54, 1.807) is 50.4 Å². The number of allylic oxidation sites excluding steroid dienone is 3. The van der Waals surface area contributed by atoms with Crippen molar-refractivity contribution in [2.75, 3.05) is 20.1 Å². The lowest BCUT2D eigenvalue weighted by Gasteiger charge is -2.43. The van der Waals surface area contributed by atoms with Crippen molar-refractivity contribution in [2.45, 2.75) is 44.3 Å². The summed E-state index contributed by atoms with van der Waals surface area (Å²) < 4.78 is 68.4. The van der Waals surface area contributed by atoms with Gasteiger partial charge in [-0.2, -0.15) is 13.2 Å². The fraction of sp³-hybridized carbons (Fsp3) is 0.423. The number of nitrogens with one attached hydrogen (secondary N) is 3. The van der Waals surface area contributed by atoms with Crippen LogP contribution in [0.3, 0.4) is 0 Å². The maximum Gasteiger partial charge on any atom is 0.417 e. The molecule has 2 aliphatic heterocycles. The summed E-state index contributed by atoms with van der Waals surface area (Å²) in [5.74, 6) is -4.48. The molecule has 2 heterocycles. The van der Waals surface area contributed by atoms with E-state index in [4.69, 9.17) is 5.41 Å². The standard InChI is InChI=1S/C26H30F5N5O/c1-17-12-25(27,28)16-36(24(37)23(32)20(14-33-2)18-8-4-3-5-9-18)21(17)15-35-22-11-7-6-10-19(13-34-22)26(29,30)31/h3-5,8-11,13-14,17,21,32-33,35H,6-7,12,15-16H2,1-2H3/b19-10-,20-14-,22-11+,32-23?,34-13-/t17-,21?/m1/s1. The number of hydrogen-bond acceptors (Lipinski definition) is 5. The zero-order valence-corrected chi connectivity index (χ0v) is 20.6. The zero-order chi connectivity index (χ0) is 27.2. The molecular formula is C26H30F5N5O. The molecule has 1 saturated heterocycles. The van der Waals surface area contributed by atoms with Crippen LogP contribution >= 0.6 is 0 Å². The highest BCUT2D eigenvalue weighted by molar-refractivity contribution is 6.54. The van der Waals surface area contributed by atoms with E-state index in [1.807, 2.05) is 0 Å². The lowest BCUT2D eigenvalue weighted by molar-refractivity contribution is -0.145. The van der Waals surface area contributed by atoms with Gasteiger partial charge in [-0.3, -0.25) is 10.2 Å². The lowest BCUT2D eigenvalue weighted by atomic mass is 9.87. The first-order chi connectivity index (χ1) is 17.4. The summed E-state index contributed by atoms with van der Waals surface area (Å²) in [6, 6.07) is 7.94. The van der Waals surface area contributed by atoms with Crippen molar-refractivity contribution < 1.29 is 26.7 Å². The largest absolute Gasteiger partial charge is 0.417 e. The summed E-state index contributed by atoms with van der Waals surface area (Å²) >= 11 is 0. The first-order valence-electron chi connectivity index (χ1n) is 11.9. The third kappa shape index (κ3) is 7.27. The smallest absolute Gasteiger partial charge is 0.393 e. The summed E-state index contributed by atoms with van der Waals surface area (Å²) in [5.41, 5.74) is -0.483. The van der Waals surface area contributed by atoms with Crippen molar-refractivity contribution in [3.63, 3.8) is 0 Å². The van der Waals surface area contributed by atoms with Gasteiger partial charge in [-0.25, -0.2) is 13.8 Å². The van der Waals surface area contributed by atoms with Gasteiger partial charge in [0.2, 0.25) is 0 Å². The molecule has 11 heteroatoms. The summed E-state index contributed by atoms with van der Waals surface area (Å²) in [4.78, 5) is 18.3. The Hall–Kier alpha value is -3.50. The summed E-state index contributed by atoms with van der Waals surface area (Å²) in [6.07, 6.45) is 0.364. The molecule has 1 aromatic carbocycles.